The topological polar surface area (TPSA) is 83.5 Å². The van der Waals surface area contributed by atoms with Gasteiger partial charge in [-0.15, -0.1) is 0 Å². The molecule has 4 heteroatoms. The number of fused-ring (bicyclic) bond motifs is 5. The van der Waals surface area contributed by atoms with Crippen LogP contribution in [0.4, 0.5) is 0 Å². The van der Waals surface area contributed by atoms with Crippen molar-refractivity contribution in [2.75, 3.05) is 0 Å². The highest BCUT2D eigenvalue weighted by Gasteiger charge is 2.66. The molecular formula is C20H33NO3. The van der Waals surface area contributed by atoms with Gasteiger partial charge in [-0.2, -0.15) is 0 Å². The first kappa shape index (κ1) is 16.8. The van der Waals surface area contributed by atoms with Crippen LogP contribution in [-0.4, -0.2) is 27.8 Å². The predicted octanol–water partition coefficient (Wildman–Crippen LogP) is 3.17. The van der Waals surface area contributed by atoms with Gasteiger partial charge in [0.2, 0.25) is 0 Å². The van der Waals surface area contributed by atoms with Gasteiger partial charge in [0.05, 0.1) is 6.10 Å². The zero-order chi connectivity index (χ0) is 17.3. The molecule has 3 unspecified atom stereocenters. The summed E-state index contributed by atoms with van der Waals surface area (Å²) in [6.45, 7) is 4.62. The molecule has 0 spiro atoms. The first-order valence-electron chi connectivity index (χ1n) is 9.93. The van der Waals surface area contributed by atoms with E-state index in [0.29, 0.717) is 35.5 Å². The number of hydrogen-bond acceptors (Lipinski definition) is 3. The molecule has 0 aliphatic heterocycles. The van der Waals surface area contributed by atoms with Crippen LogP contribution in [0.25, 0.3) is 0 Å². The smallest absolute Gasteiger partial charge is 0.324 e. The molecule has 24 heavy (non-hydrogen) atoms. The normalized spacial score (nSPS) is 56.9. The standard InChI is InChI=1S/C20H33NO3/c1-18-8-5-13(22)11-12(18)3-4-14-15(18)6-9-19(2)16(14)7-10-20(19,21)17(23)24/h12-16,22H,3-11,21H2,1-2H3,(H,23,24)/t12?,13?,14-,15-,16+,18+,19+,20?/m1/s1. The van der Waals surface area contributed by atoms with Crippen LogP contribution in [0.5, 0.6) is 0 Å². The molecular weight excluding hydrogens is 302 g/mol. The summed E-state index contributed by atoms with van der Waals surface area (Å²) in [6.07, 6.45) is 9.01. The first-order valence-corrected chi connectivity index (χ1v) is 9.93. The third-order valence-electron chi connectivity index (χ3n) is 9.28. The molecule has 0 heterocycles. The molecule has 0 amide bonds. The second-order valence-electron chi connectivity index (χ2n) is 9.86. The molecule has 136 valence electrons. The van der Waals surface area contributed by atoms with E-state index in [-0.39, 0.29) is 11.5 Å². The van der Waals surface area contributed by atoms with Gasteiger partial charge < -0.3 is 15.9 Å². The van der Waals surface area contributed by atoms with Gasteiger partial charge in [0.25, 0.3) is 0 Å². The molecule has 0 aromatic heterocycles. The van der Waals surface area contributed by atoms with E-state index < -0.39 is 11.5 Å². The monoisotopic (exact) mass is 335 g/mol. The molecule has 4 fully saturated rings. The average Bonchev–Trinajstić information content (AvgIpc) is 2.81. The number of aliphatic hydroxyl groups is 1. The van der Waals surface area contributed by atoms with Crippen LogP contribution in [0.3, 0.4) is 0 Å². The van der Waals surface area contributed by atoms with Crippen LogP contribution in [0, 0.1) is 34.5 Å². The van der Waals surface area contributed by atoms with Crippen LogP contribution in [0.1, 0.15) is 71.6 Å². The largest absolute Gasteiger partial charge is 0.480 e. The van der Waals surface area contributed by atoms with Gasteiger partial charge in [-0.3, -0.25) is 4.79 Å². The molecule has 4 nitrogen and oxygen atoms in total. The predicted molar refractivity (Wildman–Crippen MR) is 92.3 cm³/mol. The van der Waals surface area contributed by atoms with Crippen molar-refractivity contribution >= 4 is 5.97 Å². The summed E-state index contributed by atoms with van der Waals surface area (Å²) >= 11 is 0. The highest BCUT2D eigenvalue weighted by Crippen LogP contribution is 2.67. The molecule has 4 aliphatic rings. The zero-order valence-corrected chi connectivity index (χ0v) is 15.1. The molecule has 0 radical (unpaired) electrons. The Kier molecular flexibility index (Phi) is 3.65. The third kappa shape index (κ3) is 1.96. The van der Waals surface area contributed by atoms with Gasteiger partial charge in [0, 0.05) is 0 Å². The van der Waals surface area contributed by atoms with E-state index in [0.717, 1.165) is 38.5 Å². The van der Waals surface area contributed by atoms with E-state index in [4.69, 9.17) is 5.73 Å². The first-order chi connectivity index (χ1) is 11.2. The maximum atomic E-state index is 11.9. The van der Waals surface area contributed by atoms with Crippen LogP contribution < -0.4 is 5.73 Å². The molecule has 8 atom stereocenters. The number of carboxylic acids is 1. The number of carboxylic acid groups (broad SMARTS) is 1. The summed E-state index contributed by atoms with van der Waals surface area (Å²) in [5, 5.41) is 19.9. The van der Waals surface area contributed by atoms with Gasteiger partial charge in [0.1, 0.15) is 5.54 Å². The van der Waals surface area contributed by atoms with Crippen LogP contribution >= 0.6 is 0 Å². The minimum absolute atomic E-state index is 0.108. The minimum Gasteiger partial charge on any atom is -0.480 e. The van der Waals surface area contributed by atoms with Crippen molar-refractivity contribution in [2.24, 2.45) is 40.2 Å². The van der Waals surface area contributed by atoms with Gasteiger partial charge >= 0.3 is 5.97 Å². The maximum absolute atomic E-state index is 11.9. The highest BCUT2D eigenvalue weighted by atomic mass is 16.4. The van der Waals surface area contributed by atoms with Gasteiger partial charge in [-0.1, -0.05) is 13.8 Å². The Bertz CT molecular complexity index is 551. The van der Waals surface area contributed by atoms with Crippen molar-refractivity contribution in [1.82, 2.24) is 0 Å². The molecule has 0 bridgehead atoms. The van der Waals surface area contributed by atoms with Crippen molar-refractivity contribution in [3.8, 4) is 0 Å². The van der Waals surface area contributed by atoms with Crippen molar-refractivity contribution in [3.63, 3.8) is 0 Å². The van der Waals surface area contributed by atoms with Crippen molar-refractivity contribution in [2.45, 2.75) is 83.3 Å². The van der Waals surface area contributed by atoms with E-state index in [1.807, 2.05) is 0 Å². The van der Waals surface area contributed by atoms with Gasteiger partial charge in [-0.25, -0.2) is 0 Å². The van der Waals surface area contributed by atoms with E-state index in [2.05, 4.69) is 13.8 Å². The Morgan fingerprint density at radius 3 is 2.42 bits per heavy atom. The fourth-order valence-electron chi connectivity index (χ4n) is 7.66. The second kappa shape index (κ2) is 5.20. The quantitative estimate of drug-likeness (QED) is 0.687. The maximum Gasteiger partial charge on any atom is 0.324 e. The number of hydrogen-bond donors (Lipinski definition) is 3. The summed E-state index contributed by atoms with van der Waals surface area (Å²) in [5.41, 5.74) is 5.51. The molecule has 4 saturated carbocycles. The molecule has 4 aliphatic carbocycles. The van der Waals surface area contributed by atoms with Crippen molar-refractivity contribution < 1.29 is 15.0 Å². The molecule has 0 saturated heterocycles. The Morgan fingerprint density at radius 2 is 1.71 bits per heavy atom. The summed E-state index contributed by atoms with van der Waals surface area (Å²) in [7, 11) is 0. The third-order valence-corrected chi connectivity index (χ3v) is 9.28. The molecule has 0 aromatic rings. The lowest BCUT2D eigenvalue weighted by molar-refractivity contribution is -0.157. The van der Waals surface area contributed by atoms with Crippen LogP contribution in [-0.2, 0) is 4.79 Å². The number of nitrogens with two attached hydrogens (primary N) is 1. The Morgan fingerprint density at radius 1 is 1.00 bits per heavy atom. The summed E-state index contributed by atoms with van der Waals surface area (Å²) in [5.74, 6) is 1.63. The Hall–Kier alpha value is -0.610. The van der Waals surface area contributed by atoms with Crippen LogP contribution in [0.15, 0.2) is 0 Å². The van der Waals surface area contributed by atoms with Gasteiger partial charge in [-0.05, 0) is 92.3 Å². The fraction of sp³-hybridized carbons (Fsp3) is 0.950. The second-order valence-corrected chi connectivity index (χ2v) is 9.86. The Labute approximate surface area is 145 Å². The highest BCUT2D eigenvalue weighted by molar-refractivity contribution is 5.80. The number of aliphatic carboxylic acids is 1. The number of rotatable bonds is 1. The summed E-state index contributed by atoms with van der Waals surface area (Å²) < 4.78 is 0. The minimum atomic E-state index is -1.04. The molecule has 4 rings (SSSR count). The van der Waals surface area contributed by atoms with Gasteiger partial charge in [0.15, 0.2) is 0 Å². The Balaban J connectivity index is 1.65. The molecule has 0 aromatic carbocycles. The van der Waals surface area contributed by atoms with Crippen molar-refractivity contribution in [1.29, 1.82) is 0 Å². The van der Waals surface area contributed by atoms with E-state index in [1.54, 1.807) is 0 Å². The lowest BCUT2D eigenvalue weighted by Crippen LogP contribution is -2.62. The lowest BCUT2D eigenvalue weighted by atomic mass is 9.44. The van der Waals surface area contributed by atoms with Crippen LogP contribution in [0.2, 0.25) is 0 Å². The number of carbonyl (C=O) groups is 1. The average molecular weight is 335 g/mol. The summed E-state index contributed by atoms with van der Waals surface area (Å²) in [4.78, 5) is 11.9. The van der Waals surface area contributed by atoms with Crippen molar-refractivity contribution in [3.05, 3.63) is 0 Å². The fourth-order valence-corrected chi connectivity index (χ4v) is 7.66. The number of aliphatic hydroxyl groups excluding tert-OH is 1. The van der Waals surface area contributed by atoms with E-state index in [9.17, 15) is 15.0 Å². The summed E-state index contributed by atoms with van der Waals surface area (Å²) in [6, 6.07) is 0. The van der Waals surface area contributed by atoms with E-state index in [1.165, 1.54) is 12.8 Å². The SMILES string of the molecule is C[C@]12CCC(O)CC1CC[C@@H]1[C@H]2CC[C@@]2(C)[C@H]1CCC2(N)C(=O)O. The van der Waals surface area contributed by atoms with E-state index >= 15 is 0 Å². The lowest BCUT2D eigenvalue weighted by Gasteiger charge is -2.61. The zero-order valence-electron chi connectivity index (χ0n) is 15.1. The molecule has 4 N–H and O–H groups in total.